The van der Waals surface area contributed by atoms with Crippen molar-refractivity contribution >= 4 is 22.9 Å². The number of fused-ring (bicyclic) bond motifs is 1. The van der Waals surface area contributed by atoms with Crippen LogP contribution in [0.2, 0.25) is 0 Å². The number of aliphatic hydroxyl groups is 1. The van der Waals surface area contributed by atoms with Gasteiger partial charge in [-0.25, -0.2) is 4.98 Å². The molecule has 0 amide bonds. The average Bonchev–Trinajstić information content (AvgIpc) is 2.78. The number of oxazole rings is 1. The third kappa shape index (κ3) is 3.02. The molecule has 1 aromatic heterocycles. The van der Waals surface area contributed by atoms with Crippen LogP contribution in [-0.4, -0.2) is 41.7 Å². The normalized spacial score (nSPS) is 14.8. The number of para-hydroxylation sites is 2. The van der Waals surface area contributed by atoms with Gasteiger partial charge >= 0.3 is 0 Å². The summed E-state index contributed by atoms with van der Waals surface area (Å²) in [5, 5.41) is 9.65. The van der Waals surface area contributed by atoms with Gasteiger partial charge in [0.2, 0.25) is 0 Å². The summed E-state index contributed by atoms with van der Waals surface area (Å²) in [6.45, 7) is 0.340. The molecule has 98 valence electrons. The number of aliphatic hydroxyl groups excluding tert-OH is 1. The molecule has 0 saturated heterocycles. The van der Waals surface area contributed by atoms with E-state index in [1.54, 1.807) is 7.11 Å². The lowest BCUT2D eigenvalue weighted by Crippen LogP contribution is -2.38. The van der Waals surface area contributed by atoms with Gasteiger partial charge in [0.05, 0.1) is 18.5 Å². The van der Waals surface area contributed by atoms with E-state index in [0.29, 0.717) is 11.8 Å². The van der Waals surface area contributed by atoms with Crippen molar-refractivity contribution in [3.05, 3.63) is 24.3 Å². The van der Waals surface area contributed by atoms with Gasteiger partial charge in [-0.15, -0.1) is 0 Å². The second-order valence-corrected chi connectivity index (χ2v) is 5.10. The van der Waals surface area contributed by atoms with Crippen molar-refractivity contribution in [1.82, 2.24) is 4.98 Å². The minimum Gasteiger partial charge on any atom is -0.431 e. The zero-order valence-electron chi connectivity index (χ0n) is 10.1. The number of hydrogen-bond acceptors (Lipinski definition) is 6. The van der Waals surface area contributed by atoms with E-state index in [0.717, 1.165) is 11.1 Å². The molecule has 6 heteroatoms. The molecule has 0 saturated carbocycles. The standard InChI is InChI=1S/C12H16N2O3S/c1-16-7-8(13)11(6-15)18-12-14-9-4-2-3-5-10(9)17-12/h2-5,8,11,15H,6-7,13H2,1H3. The lowest BCUT2D eigenvalue weighted by Gasteiger charge is -2.18. The minimum absolute atomic E-state index is 0.0477. The van der Waals surface area contributed by atoms with Crippen LogP contribution < -0.4 is 5.73 Å². The van der Waals surface area contributed by atoms with Gasteiger partial charge in [0.1, 0.15) is 5.52 Å². The summed E-state index contributed by atoms with van der Waals surface area (Å²) in [6, 6.07) is 7.27. The van der Waals surface area contributed by atoms with Crippen molar-refractivity contribution < 1.29 is 14.3 Å². The maximum atomic E-state index is 9.33. The predicted molar refractivity (Wildman–Crippen MR) is 70.6 cm³/mol. The molecule has 1 heterocycles. The Bertz CT molecular complexity index is 470. The largest absolute Gasteiger partial charge is 0.431 e. The fourth-order valence-corrected chi connectivity index (χ4v) is 2.47. The molecule has 5 nitrogen and oxygen atoms in total. The minimum atomic E-state index is -0.264. The third-order valence-electron chi connectivity index (χ3n) is 2.54. The fraction of sp³-hybridized carbons (Fsp3) is 0.417. The van der Waals surface area contributed by atoms with Crippen molar-refractivity contribution in [1.29, 1.82) is 0 Å². The Balaban J connectivity index is 2.11. The Morgan fingerprint density at radius 2 is 2.28 bits per heavy atom. The van der Waals surface area contributed by atoms with Crippen LogP contribution in [0, 0.1) is 0 Å². The monoisotopic (exact) mass is 268 g/mol. The van der Waals surface area contributed by atoms with Gasteiger partial charge < -0.3 is 20.0 Å². The van der Waals surface area contributed by atoms with Gasteiger partial charge in [0.15, 0.2) is 5.58 Å². The molecule has 3 N–H and O–H groups in total. The highest BCUT2D eigenvalue weighted by atomic mass is 32.2. The first kappa shape index (κ1) is 13.4. The van der Waals surface area contributed by atoms with Gasteiger partial charge in [-0.05, 0) is 12.1 Å². The van der Waals surface area contributed by atoms with Gasteiger partial charge in [0.25, 0.3) is 5.22 Å². The third-order valence-corrected chi connectivity index (χ3v) is 3.72. The molecular formula is C12H16N2O3S. The summed E-state index contributed by atoms with van der Waals surface area (Å²) < 4.78 is 10.6. The second kappa shape index (κ2) is 6.19. The van der Waals surface area contributed by atoms with Crippen LogP contribution in [0.5, 0.6) is 0 Å². The molecule has 0 spiro atoms. The molecule has 2 unspecified atom stereocenters. The maximum absolute atomic E-state index is 9.33. The van der Waals surface area contributed by atoms with Crippen molar-refractivity contribution in [3.63, 3.8) is 0 Å². The Kier molecular flexibility index (Phi) is 4.60. The van der Waals surface area contributed by atoms with Gasteiger partial charge in [-0.1, -0.05) is 23.9 Å². The lowest BCUT2D eigenvalue weighted by atomic mass is 10.2. The van der Waals surface area contributed by atoms with Crippen LogP contribution in [0.1, 0.15) is 0 Å². The van der Waals surface area contributed by atoms with E-state index in [1.807, 2.05) is 24.3 Å². The zero-order chi connectivity index (χ0) is 13.0. The van der Waals surface area contributed by atoms with E-state index in [1.165, 1.54) is 11.8 Å². The molecule has 2 aromatic rings. The van der Waals surface area contributed by atoms with Crippen LogP contribution in [0.25, 0.3) is 11.1 Å². The highest BCUT2D eigenvalue weighted by molar-refractivity contribution is 7.99. The Hall–Kier alpha value is -1.08. The van der Waals surface area contributed by atoms with Gasteiger partial charge in [0, 0.05) is 13.2 Å². The molecular weight excluding hydrogens is 252 g/mol. The molecule has 0 aliphatic heterocycles. The molecule has 0 aliphatic rings. The quantitative estimate of drug-likeness (QED) is 0.767. The van der Waals surface area contributed by atoms with Crippen LogP contribution in [0.15, 0.2) is 33.9 Å². The molecule has 18 heavy (non-hydrogen) atoms. The number of nitrogens with zero attached hydrogens (tertiary/aromatic N) is 1. The smallest absolute Gasteiger partial charge is 0.257 e. The van der Waals surface area contributed by atoms with E-state index in [-0.39, 0.29) is 17.9 Å². The zero-order valence-corrected chi connectivity index (χ0v) is 10.9. The van der Waals surface area contributed by atoms with Gasteiger partial charge in [-0.2, -0.15) is 0 Å². The second-order valence-electron chi connectivity index (χ2n) is 3.91. The average molecular weight is 268 g/mol. The number of thioether (sulfide) groups is 1. The number of hydrogen-bond donors (Lipinski definition) is 2. The summed E-state index contributed by atoms with van der Waals surface area (Å²) in [6.07, 6.45) is 0. The van der Waals surface area contributed by atoms with Crippen LogP contribution >= 0.6 is 11.8 Å². The molecule has 1 aromatic carbocycles. The van der Waals surface area contributed by atoms with Crippen molar-refractivity contribution in [2.75, 3.05) is 20.3 Å². The summed E-state index contributed by atoms with van der Waals surface area (Å²) in [5.74, 6) is 0. The number of ether oxygens (including phenoxy) is 1. The summed E-state index contributed by atoms with van der Waals surface area (Å²) >= 11 is 1.33. The van der Waals surface area contributed by atoms with Crippen LogP contribution in [0.4, 0.5) is 0 Å². The number of nitrogens with two attached hydrogens (primary N) is 1. The number of methoxy groups -OCH3 is 1. The molecule has 0 bridgehead atoms. The van der Waals surface area contributed by atoms with E-state index in [2.05, 4.69) is 4.98 Å². The Labute approximate surface area is 109 Å². The highest BCUT2D eigenvalue weighted by Crippen LogP contribution is 2.27. The first-order valence-electron chi connectivity index (χ1n) is 5.62. The number of benzene rings is 1. The lowest BCUT2D eigenvalue weighted by molar-refractivity contribution is 0.167. The van der Waals surface area contributed by atoms with Crippen LogP contribution in [-0.2, 0) is 4.74 Å². The number of rotatable bonds is 6. The SMILES string of the molecule is COCC(N)C(CO)Sc1nc2ccccc2o1. The topological polar surface area (TPSA) is 81.5 Å². The Morgan fingerprint density at radius 3 is 2.94 bits per heavy atom. The molecule has 0 radical (unpaired) electrons. The van der Waals surface area contributed by atoms with Crippen molar-refractivity contribution in [3.8, 4) is 0 Å². The first-order valence-corrected chi connectivity index (χ1v) is 6.50. The summed E-state index contributed by atoms with van der Waals surface area (Å²) in [4.78, 5) is 4.33. The Morgan fingerprint density at radius 1 is 1.50 bits per heavy atom. The first-order chi connectivity index (χ1) is 8.74. The van der Waals surface area contributed by atoms with E-state index in [4.69, 9.17) is 14.9 Å². The van der Waals surface area contributed by atoms with Crippen molar-refractivity contribution in [2.45, 2.75) is 16.5 Å². The van der Waals surface area contributed by atoms with Crippen LogP contribution in [0.3, 0.4) is 0 Å². The summed E-state index contributed by atoms with van der Waals surface area (Å²) in [7, 11) is 1.58. The molecule has 2 atom stereocenters. The van der Waals surface area contributed by atoms with E-state index in [9.17, 15) is 5.11 Å². The van der Waals surface area contributed by atoms with E-state index < -0.39 is 0 Å². The molecule has 2 rings (SSSR count). The fourth-order valence-electron chi connectivity index (χ4n) is 1.59. The van der Waals surface area contributed by atoms with E-state index >= 15 is 0 Å². The van der Waals surface area contributed by atoms with Gasteiger partial charge in [-0.3, -0.25) is 0 Å². The maximum Gasteiger partial charge on any atom is 0.257 e. The summed E-state index contributed by atoms with van der Waals surface area (Å²) in [5.41, 5.74) is 7.44. The predicted octanol–water partition coefficient (Wildman–Crippen LogP) is 1.25. The van der Waals surface area contributed by atoms with Crippen molar-refractivity contribution in [2.24, 2.45) is 5.73 Å². The number of aromatic nitrogens is 1. The highest BCUT2D eigenvalue weighted by Gasteiger charge is 2.21. The molecule has 0 aliphatic carbocycles. The molecule has 0 fully saturated rings.